The summed E-state index contributed by atoms with van der Waals surface area (Å²) in [6.45, 7) is 3.73. The second-order valence-corrected chi connectivity index (χ2v) is 8.01. The molecule has 1 atom stereocenters. The van der Waals surface area contributed by atoms with E-state index in [0.29, 0.717) is 12.1 Å². The second-order valence-electron chi connectivity index (χ2n) is 5.26. The molecule has 1 aromatic carbocycles. The van der Waals surface area contributed by atoms with Crippen molar-refractivity contribution in [3.8, 4) is 0 Å². The van der Waals surface area contributed by atoms with Gasteiger partial charge in [0.15, 0.2) is 0 Å². The fraction of sp³-hybridized carbons (Fsp3) is 0.312. The molecule has 0 aliphatic heterocycles. The Kier molecular flexibility index (Phi) is 5.92. The van der Waals surface area contributed by atoms with Crippen molar-refractivity contribution in [2.75, 3.05) is 5.32 Å². The summed E-state index contributed by atoms with van der Waals surface area (Å²) >= 11 is 1.53. The van der Waals surface area contributed by atoms with Gasteiger partial charge in [-0.15, -0.1) is 11.3 Å². The van der Waals surface area contributed by atoms with Crippen LogP contribution in [0.15, 0.2) is 46.7 Å². The van der Waals surface area contributed by atoms with E-state index in [9.17, 15) is 13.2 Å². The summed E-state index contributed by atoms with van der Waals surface area (Å²) in [5, 5.41) is 4.69. The number of hydrogen-bond donors (Lipinski definition) is 2. The van der Waals surface area contributed by atoms with E-state index >= 15 is 0 Å². The Hall–Kier alpha value is -1.70. The number of carbonyl (C=O) groups is 1. The SMILES string of the molecule is CCC(C)NS(=O)(=O)c1ccc(NC(=O)Cc2cccs2)cc1. The summed E-state index contributed by atoms with van der Waals surface area (Å²) in [5.41, 5.74) is 0.578. The van der Waals surface area contributed by atoms with Crippen LogP contribution in [-0.4, -0.2) is 20.4 Å². The van der Waals surface area contributed by atoms with Gasteiger partial charge in [0.25, 0.3) is 0 Å². The van der Waals surface area contributed by atoms with Gasteiger partial charge in [-0.25, -0.2) is 13.1 Å². The molecule has 0 saturated carbocycles. The lowest BCUT2D eigenvalue weighted by atomic mass is 10.3. The predicted molar refractivity (Wildman–Crippen MR) is 93.2 cm³/mol. The van der Waals surface area contributed by atoms with Gasteiger partial charge in [0.05, 0.1) is 11.3 Å². The van der Waals surface area contributed by atoms with Crippen LogP contribution in [0.4, 0.5) is 5.69 Å². The van der Waals surface area contributed by atoms with Crippen LogP contribution in [0.1, 0.15) is 25.1 Å². The minimum Gasteiger partial charge on any atom is -0.326 e. The van der Waals surface area contributed by atoms with E-state index in [1.165, 1.54) is 23.5 Å². The van der Waals surface area contributed by atoms with Gasteiger partial charge in [-0.1, -0.05) is 13.0 Å². The largest absolute Gasteiger partial charge is 0.326 e. The highest BCUT2D eigenvalue weighted by Crippen LogP contribution is 2.16. The van der Waals surface area contributed by atoms with Gasteiger partial charge in [-0.05, 0) is 49.1 Å². The van der Waals surface area contributed by atoms with Crippen LogP contribution < -0.4 is 10.0 Å². The summed E-state index contributed by atoms with van der Waals surface area (Å²) in [5.74, 6) is -0.124. The Morgan fingerprint density at radius 1 is 1.22 bits per heavy atom. The number of thiophene rings is 1. The number of rotatable bonds is 7. The third-order valence-electron chi connectivity index (χ3n) is 3.33. The van der Waals surface area contributed by atoms with Gasteiger partial charge < -0.3 is 5.32 Å². The Morgan fingerprint density at radius 3 is 2.48 bits per heavy atom. The Bertz CT molecular complexity index is 738. The first-order valence-corrected chi connectivity index (χ1v) is 9.71. The fourth-order valence-electron chi connectivity index (χ4n) is 1.91. The second kappa shape index (κ2) is 7.72. The van der Waals surface area contributed by atoms with Crippen molar-refractivity contribution in [2.45, 2.75) is 37.6 Å². The highest BCUT2D eigenvalue weighted by Gasteiger charge is 2.16. The Balaban J connectivity index is 2.00. The van der Waals surface area contributed by atoms with Gasteiger partial charge in [0.2, 0.25) is 15.9 Å². The molecule has 0 spiro atoms. The molecule has 0 radical (unpaired) electrons. The summed E-state index contributed by atoms with van der Waals surface area (Å²) in [6.07, 6.45) is 1.03. The van der Waals surface area contributed by atoms with Crippen LogP contribution in [0.2, 0.25) is 0 Å². The summed E-state index contributed by atoms with van der Waals surface area (Å²) in [7, 11) is -3.52. The Morgan fingerprint density at radius 2 is 1.91 bits per heavy atom. The molecule has 2 rings (SSSR count). The van der Waals surface area contributed by atoms with Crippen LogP contribution in [0.5, 0.6) is 0 Å². The highest BCUT2D eigenvalue weighted by molar-refractivity contribution is 7.89. The van der Waals surface area contributed by atoms with Crippen molar-refractivity contribution >= 4 is 33.0 Å². The summed E-state index contributed by atoms with van der Waals surface area (Å²) < 4.78 is 26.9. The van der Waals surface area contributed by atoms with E-state index in [1.54, 1.807) is 12.1 Å². The number of sulfonamides is 1. The average molecular weight is 352 g/mol. The molecule has 2 N–H and O–H groups in total. The minimum absolute atomic E-state index is 0.120. The van der Waals surface area contributed by atoms with E-state index < -0.39 is 10.0 Å². The molecule has 1 heterocycles. The van der Waals surface area contributed by atoms with Crippen LogP contribution in [0.3, 0.4) is 0 Å². The van der Waals surface area contributed by atoms with Gasteiger partial charge in [0, 0.05) is 16.6 Å². The maximum absolute atomic E-state index is 12.1. The van der Waals surface area contributed by atoms with Crippen LogP contribution in [0.25, 0.3) is 0 Å². The maximum atomic E-state index is 12.1. The molecule has 5 nitrogen and oxygen atoms in total. The molecule has 124 valence electrons. The average Bonchev–Trinajstić information content (AvgIpc) is 3.00. The van der Waals surface area contributed by atoms with Crippen molar-refractivity contribution in [3.05, 3.63) is 46.7 Å². The number of amides is 1. The number of anilines is 1. The van der Waals surface area contributed by atoms with Crippen LogP contribution in [0, 0.1) is 0 Å². The van der Waals surface area contributed by atoms with Gasteiger partial charge >= 0.3 is 0 Å². The molecule has 7 heteroatoms. The first kappa shape index (κ1) is 17.7. The molecule has 0 fully saturated rings. The van der Waals surface area contributed by atoms with E-state index in [2.05, 4.69) is 10.0 Å². The maximum Gasteiger partial charge on any atom is 0.240 e. The summed E-state index contributed by atoms with van der Waals surface area (Å²) in [4.78, 5) is 13.1. The highest BCUT2D eigenvalue weighted by atomic mass is 32.2. The molecule has 0 saturated heterocycles. The van der Waals surface area contributed by atoms with Crippen molar-refractivity contribution in [1.29, 1.82) is 0 Å². The van der Waals surface area contributed by atoms with Crippen molar-refractivity contribution in [2.24, 2.45) is 0 Å². The van der Waals surface area contributed by atoms with Gasteiger partial charge in [-0.3, -0.25) is 4.79 Å². The third-order valence-corrected chi connectivity index (χ3v) is 5.81. The van der Waals surface area contributed by atoms with Crippen molar-refractivity contribution in [3.63, 3.8) is 0 Å². The fourth-order valence-corrected chi connectivity index (χ4v) is 3.94. The van der Waals surface area contributed by atoms with Gasteiger partial charge in [-0.2, -0.15) is 0 Å². The smallest absolute Gasteiger partial charge is 0.240 e. The zero-order chi connectivity index (χ0) is 16.9. The lowest BCUT2D eigenvalue weighted by Gasteiger charge is -2.12. The zero-order valence-electron chi connectivity index (χ0n) is 13.1. The zero-order valence-corrected chi connectivity index (χ0v) is 14.7. The minimum atomic E-state index is -3.52. The van der Waals surface area contributed by atoms with E-state index in [0.717, 1.165) is 11.3 Å². The first-order chi connectivity index (χ1) is 10.9. The number of benzene rings is 1. The Labute approximate surface area is 140 Å². The number of hydrogen-bond acceptors (Lipinski definition) is 4. The molecule has 1 amide bonds. The summed E-state index contributed by atoms with van der Waals surface area (Å²) in [6, 6.07) is 9.86. The molecular formula is C16H20N2O3S2. The predicted octanol–water partition coefficient (Wildman–Crippen LogP) is 3.01. The van der Waals surface area contributed by atoms with Crippen molar-refractivity contribution < 1.29 is 13.2 Å². The lowest BCUT2D eigenvalue weighted by Crippen LogP contribution is -2.31. The molecule has 2 aromatic rings. The number of carbonyl (C=O) groups excluding carboxylic acids is 1. The van der Waals surface area contributed by atoms with Crippen molar-refractivity contribution in [1.82, 2.24) is 4.72 Å². The topological polar surface area (TPSA) is 75.3 Å². The molecule has 0 aliphatic carbocycles. The standard InChI is InChI=1S/C16H20N2O3S2/c1-3-12(2)18-23(20,21)15-8-6-13(7-9-15)17-16(19)11-14-5-4-10-22-14/h4-10,12,18H,3,11H2,1-2H3,(H,17,19). The first-order valence-electron chi connectivity index (χ1n) is 7.35. The monoisotopic (exact) mass is 352 g/mol. The molecular weight excluding hydrogens is 332 g/mol. The van der Waals surface area contributed by atoms with E-state index in [1.807, 2.05) is 31.4 Å². The van der Waals surface area contributed by atoms with E-state index in [-0.39, 0.29) is 16.8 Å². The van der Waals surface area contributed by atoms with Crippen LogP contribution >= 0.6 is 11.3 Å². The van der Waals surface area contributed by atoms with E-state index in [4.69, 9.17) is 0 Å². The van der Waals surface area contributed by atoms with Crippen LogP contribution in [-0.2, 0) is 21.2 Å². The molecule has 1 aromatic heterocycles. The third kappa shape index (κ3) is 5.16. The quantitative estimate of drug-likeness (QED) is 0.804. The normalized spacial score (nSPS) is 12.8. The number of nitrogens with one attached hydrogen (secondary N) is 2. The lowest BCUT2D eigenvalue weighted by molar-refractivity contribution is -0.115. The van der Waals surface area contributed by atoms with Gasteiger partial charge in [0.1, 0.15) is 0 Å². The molecule has 0 bridgehead atoms. The molecule has 1 unspecified atom stereocenters. The molecule has 23 heavy (non-hydrogen) atoms. The molecule has 0 aliphatic rings.